The van der Waals surface area contributed by atoms with E-state index < -0.39 is 23.1 Å². The second-order valence-corrected chi connectivity index (χ2v) is 9.85. The van der Waals surface area contributed by atoms with Crippen molar-refractivity contribution in [3.8, 4) is 5.75 Å². The quantitative estimate of drug-likeness (QED) is 0.577. The largest absolute Gasteiger partial charge is 0.493 e. The zero-order valence-corrected chi connectivity index (χ0v) is 19.9. The molecule has 12 heteroatoms. The minimum Gasteiger partial charge on any atom is -0.493 e. The third-order valence-corrected chi connectivity index (χ3v) is 7.37. The third-order valence-electron chi connectivity index (χ3n) is 7.37. The fraction of sp³-hybridized carbons (Fsp3) is 0.542. The number of nitrogens with zero attached hydrogens (tertiary/aromatic N) is 4. The Bertz CT molecular complexity index is 1190. The van der Waals surface area contributed by atoms with Gasteiger partial charge in [-0.3, -0.25) is 4.79 Å². The maximum absolute atomic E-state index is 13.3. The molecule has 0 radical (unpaired) electrons. The topological polar surface area (TPSA) is 90.8 Å². The summed E-state index contributed by atoms with van der Waals surface area (Å²) in [7, 11) is 1.73. The van der Waals surface area contributed by atoms with E-state index in [1.165, 1.54) is 0 Å². The number of ether oxygens (including phenoxy) is 1. The number of carbonyl (C=O) groups is 1. The molecule has 0 unspecified atom stereocenters. The fourth-order valence-electron chi connectivity index (χ4n) is 5.03. The highest BCUT2D eigenvalue weighted by Gasteiger charge is 2.49. The average Bonchev–Trinajstić information content (AvgIpc) is 2.82. The monoisotopic (exact) mass is 509 g/mol. The number of nitrogens with one attached hydrogen (secondary N) is 1. The third kappa shape index (κ3) is 4.10. The molecule has 0 saturated heterocycles. The van der Waals surface area contributed by atoms with Gasteiger partial charge in [-0.1, -0.05) is 0 Å². The van der Waals surface area contributed by atoms with Crippen molar-refractivity contribution in [3.05, 3.63) is 35.3 Å². The smallest absolute Gasteiger partial charge is 0.420 e. The molecule has 1 aromatic carbocycles. The van der Waals surface area contributed by atoms with E-state index in [0.717, 1.165) is 24.2 Å². The highest BCUT2D eigenvalue weighted by Crippen LogP contribution is 2.43. The molecule has 2 aliphatic heterocycles. The standard InChI is InChI=1S/C24H27F4N5O3/c1-23(12-34)21(35)33-7-3-4-17-19(33)20(32(23)2)31-22(30-17)29-15-8-13(9-15)11-36-18-6-5-14(25)10-16(18)24(26,27)28/h5-6,10,13,15,34H,3-4,7-9,11-12H2,1-2H3,(H,29,30,31)/t13-,15+,23-/m0/s1. The van der Waals surface area contributed by atoms with Crippen LogP contribution in [0.4, 0.5) is 35.0 Å². The van der Waals surface area contributed by atoms with Crippen LogP contribution in [0.2, 0.25) is 0 Å². The number of aryl methyl sites for hydroxylation is 1. The number of carbonyl (C=O) groups excluding carboxylic acids is 1. The van der Waals surface area contributed by atoms with E-state index in [9.17, 15) is 27.5 Å². The first-order valence-corrected chi connectivity index (χ1v) is 11.8. The van der Waals surface area contributed by atoms with Gasteiger partial charge in [0.25, 0.3) is 5.91 Å². The number of benzene rings is 1. The van der Waals surface area contributed by atoms with E-state index in [4.69, 9.17) is 4.74 Å². The Hall–Kier alpha value is -3.15. The van der Waals surface area contributed by atoms with Crippen molar-refractivity contribution in [3.63, 3.8) is 0 Å². The number of aromatic nitrogens is 2. The zero-order chi connectivity index (χ0) is 25.8. The Morgan fingerprint density at radius 3 is 2.72 bits per heavy atom. The van der Waals surface area contributed by atoms with Crippen molar-refractivity contribution in [1.82, 2.24) is 9.97 Å². The van der Waals surface area contributed by atoms with Crippen LogP contribution >= 0.6 is 0 Å². The number of aliphatic hydroxyl groups is 1. The lowest BCUT2D eigenvalue weighted by molar-refractivity contribution is -0.139. The molecule has 1 atom stereocenters. The minimum absolute atomic E-state index is 0.0126. The van der Waals surface area contributed by atoms with Gasteiger partial charge in [-0.2, -0.15) is 18.2 Å². The van der Waals surface area contributed by atoms with Crippen LogP contribution in [-0.4, -0.2) is 59.4 Å². The summed E-state index contributed by atoms with van der Waals surface area (Å²) in [5.74, 6) is -0.515. The van der Waals surface area contributed by atoms with Gasteiger partial charge in [0.1, 0.15) is 28.4 Å². The van der Waals surface area contributed by atoms with Crippen LogP contribution in [0.5, 0.6) is 5.75 Å². The van der Waals surface area contributed by atoms with Crippen LogP contribution in [-0.2, 0) is 17.4 Å². The molecule has 1 aromatic heterocycles. The molecule has 0 bridgehead atoms. The van der Waals surface area contributed by atoms with Gasteiger partial charge in [-0.25, -0.2) is 9.37 Å². The van der Waals surface area contributed by atoms with Gasteiger partial charge in [-0.15, -0.1) is 0 Å². The summed E-state index contributed by atoms with van der Waals surface area (Å²) in [4.78, 5) is 25.7. The van der Waals surface area contributed by atoms with E-state index in [1.807, 2.05) is 0 Å². The van der Waals surface area contributed by atoms with Crippen LogP contribution in [0.1, 0.15) is 37.4 Å². The van der Waals surface area contributed by atoms with E-state index >= 15 is 0 Å². The Morgan fingerprint density at radius 1 is 1.28 bits per heavy atom. The number of halogens is 4. The zero-order valence-electron chi connectivity index (χ0n) is 19.9. The molecule has 36 heavy (non-hydrogen) atoms. The molecule has 1 fully saturated rings. The van der Waals surface area contributed by atoms with Crippen molar-refractivity contribution in [1.29, 1.82) is 0 Å². The normalized spacial score (nSPS) is 25.4. The van der Waals surface area contributed by atoms with Crippen LogP contribution < -0.4 is 19.9 Å². The first-order chi connectivity index (χ1) is 17.0. The number of anilines is 3. The number of likely N-dealkylation sites (N-methyl/N-ethyl adjacent to an activating group) is 1. The SMILES string of the molecule is CN1c2nc(N[C@H]3C[C@@H](COc4ccc(F)cc4C(F)(F)F)C3)nc3c2N(CCC3)C(=O)[C@]1(C)CO. The fourth-order valence-corrected chi connectivity index (χ4v) is 5.03. The predicted octanol–water partition coefficient (Wildman–Crippen LogP) is 3.38. The summed E-state index contributed by atoms with van der Waals surface area (Å²) in [6.45, 7) is 1.96. The number of alkyl halides is 3. The second-order valence-electron chi connectivity index (χ2n) is 9.85. The Labute approximate surface area is 205 Å². The molecule has 8 nitrogen and oxygen atoms in total. The first-order valence-electron chi connectivity index (χ1n) is 11.8. The van der Waals surface area contributed by atoms with Crippen LogP contribution in [0.3, 0.4) is 0 Å². The predicted molar refractivity (Wildman–Crippen MR) is 124 cm³/mol. The number of rotatable bonds is 6. The Balaban J connectivity index is 1.25. The molecule has 2 aromatic rings. The van der Waals surface area contributed by atoms with Crippen molar-refractivity contribution in [2.45, 2.75) is 50.4 Å². The van der Waals surface area contributed by atoms with Crippen molar-refractivity contribution < 1.29 is 32.2 Å². The lowest BCUT2D eigenvalue weighted by Gasteiger charge is -2.48. The molecule has 3 heterocycles. The maximum Gasteiger partial charge on any atom is 0.420 e. The van der Waals surface area contributed by atoms with E-state index in [1.54, 1.807) is 23.8 Å². The van der Waals surface area contributed by atoms with Crippen molar-refractivity contribution in [2.75, 3.05) is 41.9 Å². The molecule has 5 rings (SSSR count). The summed E-state index contributed by atoms with van der Waals surface area (Å²) < 4.78 is 58.2. The summed E-state index contributed by atoms with van der Waals surface area (Å²) in [5, 5.41) is 13.3. The summed E-state index contributed by atoms with van der Waals surface area (Å²) in [6.07, 6.45) is -1.95. The lowest BCUT2D eigenvalue weighted by atomic mass is 9.81. The van der Waals surface area contributed by atoms with Gasteiger partial charge in [0.05, 0.1) is 18.9 Å². The van der Waals surface area contributed by atoms with Gasteiger partial charge in [-0.05, 0) is 56.7 Å². The molecular weight excluding hydrogens is 482 g/mol. The lowest BCUT2D eigenvalue weighted by Crippen LogP contribution is -2.64. The number of hydrogen-bond donors (Lipinski definition) is 2. The molecule has 1 aliphatic carbocycles. The van der Waals surface area contributed by atoms with Crippen LogP contribution in [0.25, 0.3) is 0 Å². The highest BCUT2D eigenvalue weighted by molar-refractivity contribution is 6.08. The Kier molecular flexibility index (Phi) is 5.97. The highest BCUT2D eigenvalue weighted by atomic mass is 19.4. The summed E-state index contributed by atoms with van der Waals surface area (Å²) in [6, 6.07) is 2.40. The Morgan fingerprint density at radius 2 is 2.03 bits per heavy atom. The van der Waals surface area contributed by atoms with E-state index in [2.05, 4.69) is 15.3 Å². The number of aliphatic hydroxyl groups excluding tert-OH is 1. The van der Waals surface area contributed by atoms with E-state index in [0.29, 0.717) is 49.3 Å². The van der Waals surface area contributed by atoms with Gasteiger partial charge < -0.3 is 25.0 Å². The first kappa shape index (κ1) is 24.5. The molecule has 1 amide bonds. The second kappa shape index (κ2) is 8.75. The van der Waals surface area contributed by atoms with Gasteiger partial charge >= 0.3 is 6.18 Å². The van der Waals surface area contributed by atoms with Crippen molar-refractivity contribution >= 4 is 23.4 Å². The molecular formula is C24H27F4N5O3. The molecule has 2 N–H and O–H groups in total. The van der Waals surface area contributed by atoms with Crippen molar-refractivity contribution in [2.24, 2.45) is 5.92 Å². The molecule has 1 saturated carbocycles. The van der Waals surface area contributed by atoms with E-state index in [-0.39, 0.29) is 36.8 Å². The summed E-state index contributed by atoms with van der Waals surface area (Å²) in [5.41, 5.74) is -0.796. The minimum atomic E-state index is -4.70. The van der Waals surface area contributed by atoms with Crippen LogP contribution in [0, 0.1) is 11.7 Å². The molecule has 0 spiro atoms. The number of amides is 1. The molecule has 3 aliphatic rings. The molecule has 194 valence electrons. The maximum atomic E-state index is 13.3. The van der Waals surface area contributed by atoms with Gasteiger partial charge in [0, 0.05) is 19.6 Å². The van der Waals surface area contributed by atoms with Gasteiger partial charge in [0.15, 0.2) is 5.82 Å². The summed E-state index contributed by atoms with van der Waals surface area (Å²) >= 11 is 0. The van der Waals surface area contributed by atoms with Gasteiger partial charge in [0.2, 0.25) is 5.95 Å². The van der Waals surface area contributed by atoms with Crippen LogP contribution in [0.15, 0.2) is 18.2 Å². The average molecular weight is 510 g/mol. The number of hydrogen-bond acceptors (Lipinski definition) is 7.